The highest BCUT2D eigenvalue weighted by atomic mass is 16.6. The van der Waals surface area contributed by atoms with Gasteiger partial charge in [-0.2, -0.15) is 0 Å². The van der Waals surface area contributed by atoms with Gasteiger partial charge in [-0.05, 0) is 51.4 Å². The number of carbonyl (C=O) groups excluding carboxylic acids is 2. The van der Waals surface area contributed by atoms with Crippen molar-refractivity contribution in [1.29, 1.82) is 0 Å². The van der Waals surface area contributed by atoms with Crippen molar-refractivity contribution in [2.24, 2.45) is 0 Å². The van der Waals surface area contributed by atoms with Crippen molar-refractivity contribution in [2.45, 2.75) is 193 Å². The van der Waals surface area contributed by atoms with E-state index in [-0.39, 0.29) is 32.0 Å². The van der Waals surface area contributed by atoms with E-state index >= 15 is 0 Å². The lowest BCUT2D eigenvalue weighted by Crippen LogP contribution is -2.26. The molecule has 0 aliphatic carbocycles. The van der Waals surface area contributed by atoms with Gasteiger partial charge >= 0.3 is 11.9 Å². The van der Waals surface area contributed by atoms with Crippen LogP contribution in [0.15, 0.2) is 48.6 Å². The summed E-state index contributed by atoms with van der Waals surface area (Å²) in [7, 11) is 0. The predicted octanol–water partition coefficient (Wildman–Crippen LogP) is 10.2. The Hall–Kier alpha value is -2.22. The van der Waals surface area contributed by atoms with Crippen molar-refractivity contribution in [2.75, 3.05) is 13.2 Å². The zero-order valence-electron chi connectivity index (χ0n) is 31.4. The van der Waals surface area contributed by atoms with Crippen molar-refractivity contribution in [3.05, 3.63) is 48.6 Å². The molecule has 49 heavy (non-hydrogen) atoms. The fourth-order valence-electron chi connectivity index (χ4n) is 5.41. The van der Waals surface area contributed by atoms with Gasteiger partial charge in [0.15, 0.2) is 0 Å². The van der Waals surface area contributed by atoms with E-state index in [1.54, 1.807) is 0 Å². The van der Waals surface area contributed by atoms with Gasteiger partial charge in [-0.25, -0.2) is 0 Å². The summed E-state index contributed by atoms with van der Waals surface area (Å²) in [6.45, 7) is 3.94. The van der Waals surface area contributed by atoms with Gasteiger partial charge < -0.3 is 24.8 Å². The number of unbranched alkanes of at least 4 members (excludes halogenated alkanes) is 15. The minimum Gasteiger partial charge on any atom is -0.463 e. The minimum atomic E-state index is -1.07. The van der Waals surface area contributed by atoms with Crippen molar-refractivity contribution >= 4 is 11.9 Å². The first-order valence-corrected chi connectivity index (χ1v) is 19.9. The van der Waals surface area contributed by atoms with Gasteiger partial charge in [0.25, 0.3) is 0 Å². The predicted molar refractivity (Wildman–Crippen MR) is 203 cm³/mol. The average Bonchev–Trinajstić information content (AvgIpc) is 3.09. The van der Waals surface area contributed by atoms with Crippen LogP contribution in [0.1, 0.15) is 174 Å². The number of esters is 2. The smallest absolute Gasteiger partial charge is 0.305 e. The molecule has 0 saturated heterocycles. The van der Waals surface area contributed by atoms with Gasteiger partial charge in [0.2, 0.25) is 0 Å². The van der Waals surface area contributed by atoms with E-state index in [1.165, 1.54) is 83.5 Å². The number of rotatable bonds is 35. The molecule has 7 heteroatoms. The SMILES string of the molecule is CC/C=C\C/C=C\C/C=C\C/C=C\C[C@H](O)[C@@H](O)CCCC(=O)OC[C@@H](O)COC(=O)CCCCCCCCCCCCCCCCCC. The van der Waals surface area contributed by atoms with Crippen LogP contribution in [-0.2, 0) is 19.1 Å². The Kier molecular flexibility index (Phi) is 35.4. The summed E-state index contributed by atoms with van der Waals surface area (Å²) in [6, 6.07) is 0. The van der Waals surface area contributed by atoms with Crippen LogP contribution in [0.3, 0.4) is 0 Å². The van der Waals surface area contributed by atoms with Crippen molar-refractivity contribution in [3.63, 3.8) is 0 Å². The van der Waals surface area contributed by atoms with Crippen LogP contribution >= 0.6 is 0 Å². The summed E-state index contributed by atoms with van der Waals surface area (Å²) in [6.07, 6.45) is 39.2. The number of ether oxygens (including phenoxy) is 2. The summed E-state index contributed by atoms with van der Waals surface area (Å²) in [5.41, 5.74) is 0. The van der Waals surface area contributed by atoms with Gasteiger partial charge in [-0.3, -0.25) is 9.59 Å². The normalized spacial score (nSPS) is 14.0. The molecule has 0 aliphatic heterocycles. The molecule has 0 saturated carbocycles. The molecule has 3 atom stereocenters. The van der Waals surface area contributed by atoms with Gasteiger partial charge in [0.05, 0.1) is 12.2 Å². The minimum absolute atomic E-state index is 0.0690. The molecule has 0 aromatic heterocycles. The maximum Gasteiger partial charge on any atom is 0.305 e. The van der Waals surface area contributed by atoms with Crippen LogP contribution in [0.25, 0.3) is 0 Å². The molecule has 0 spiro atoms. The van der Waals surface area contributed by atoms with Crippen molar-refractivity contribution in [1.82, 2.24) is 0 Å². The fourth-order valence-corrected chi connectivity index (χ4v) is 5.41. The monoisotopic (exact) mass is 691 g/mol. The Morgan fingerprint density at radius 1 is 0.490 bits per heavy atom. The highest BCUT2D eigenvalue weighted by Gasteiger charge is 2.16. The molecule has 3 N–H and O–H groups in total. The van der Waals surface area contributed by atoms with E-state index in [0.717, 1.165) is 44.9 Å². The largest absolute Gasteiger partial charge is 0.463 e. The molecule has 0 unspecified atom stereocenters. The summed E-state index contributed by atoms with van der Waals surface area (Å²) < 4.78 is 10.2. The number of hydrogen-bond acceptors (Lipinski definition) is 7. The maximum atomic E-state index is 12.0. The summed E-state index contributed by atoms with van der Waals surface area (Å²) in [4.78, 5) is 24.0. The van der Waals surface area contributed by atoms with Crippen LogP contribution in [0.5, 0.6) is 0 Å². The van der Waals surface area contributed by atoms with E-state index in [9.17, 15) is 24.9 Å². The van der Waals surface area contributed by atoms with Crippen LogP contribution in [0, 0.1) is 0 Å². The molecule has 284 valence electrons. The van der Waals surface area contributed by atoms with Crippen LogP contribution in [0.2, 0.25) is 0 Å². The number of allylic oxidation sites excluding steroid dienone is 7. The first kappa shape index (κ1) is 46.8. The van der Waals surface area contributed by atoms with Gasteiger partial charge in [-0.15, -0.1) is 0 Å². The molecule has 0 aliphatic rings. The first-order valence-electron chi connectivity index (χ1n) is 19.9. The van der Waals surface area contributed by atoms with Gasteiger partial charge in [-0.1, -0.05) is 159 Å². The third-order valence-electron chi connectivity index (χ3n) is 8.53. The Morgan fingerprint density at radius 2 is 0.878 bits per heavy atom. The average molecular weight is 691 g/mol. The third kappa shape index (κ3) is 35.4. The molecule has 0 radical (unpaired) electrons. The van der Waals surface area contributed by atoms with Crippen LogP contribution in [0.4, 0.5) is 0 Å². The van der Waals surface area contributed by atoms with Gasteiger partial charge in [0, 0.05) is 12.8 Å². The van der Waals surface area contributed by atoms with Crippen LogP contribution < -0.4 is 0 Å². The zero-order valence-corrected chi connectivity index (χ0v) is 31.4. The molecule has 0 amide bonds. The number of aliphatic hydroxyl groups is 3. The van der Waals surface area contributed by atoms with E-state index < -0.39 is 24.3 Å². The molecule has 0 rings (SSSR count). The lowest BCUT2D eigenvalue weighted by atomic mass is 10.0. The molecule has 0 aromatic carbocycles. The molecule has 7 nitrogen and oxygen atoms in total. The Labute approximate surface area is 300 Å². The summed E-state index contributed by atoms with van der Waals surface area (Å²) in [5.74, 6) is -0.840. The van der Waals surface area contributed by atoms with E-state index in [4.69, 9.17) is 9.47 Å². The number of carbonyl (C=O) groups is 2. The van der Waals surface area contributed by atoms with E-state index in [0.29, 0.717) is 19.3 Å². The molecular weight excluding hydrogens is 616 g/mol. The molecule has 0 bridgehead atoms. The Morgan fingerprint density at radius 3 is 1.33 bits per heavy atom. The molecule has 0 heterocycles. The fraction of sp³-hybridized carbons (Fsp3) is 0.762. The zero-order chi connectivity index (χ0) is 36.0. The van der Waals surface area contributed by atoms with E-state index in [1.807, 2.05) is 12.2 Å². The molecule has 0 aromatic rings. The Balaban J connectivity index is 3.67. The van der Waals surface area contributed by atoms with Gasteiger partial charge in [0.1, 0.15) is 19.3 Å². The number of hydrogen-bond donors (Lipinski definition) is 3. The van der Waals surface area contributed by atoms with E-state index in [2.05, 4.69) is 50.3 Å². The summed E-state index contributed by atoms with van der Waals surface area (Å²) >= 11 is 0. The summed E-state index contributed by atoms with van der Waals surface area (Å²) in [5, 5.41) is 30.4. The second-order valence-electron chi connectivity index (χ2n) is 13.3. The lowest BCUT2D eigenvalue weighted by Gasteiger charge is -2.16. The molecular formula is C42H74O7. The highest BCUT2D eigenvalue weighted by Crippen LogP contribution is 2.14. The quantitative estimate of drug-likeness (QED) is 0.0345. The Bertz CT molecular complexity index is 863. The van der Waals surface area contributed by atoms with Crippen molar-refractivity contribution < 1.29 is 34.4 Å². The topological polar surface area (TPSA) is 113 Å². The molecule has 0 fully saturated rings. The second-order valence-corrected chi connectivity index (χ2v) is 13.3. The number of aliphatic hydroxyl groups excluding tert-OH is 3. The first-order chi connectivity index (χ1) is 23.9. The standard InChI is InChI=1S/C42H74O7/c1-3-5-7-9-11-13-15-17-18-19-20-22-24-26-28-30-34-41(46)48-36-38(43)37-49-42(47)35-31-33-40(45)39(44)32-29-27-25-23-21-16-14-12-10-8-6-4-2/h6,8,12,14,21,23,27,29,38-40,43-45H,3-5,7,9-11,13,15-20,22,24-26,28,30-37H2,1-2H3/b8-6-,14-12-,23-21-,29-27-/t38-,39-,40-/m0/s1. The lowest BCUT2D eigenvalue weighted by molar-refractivity contribution is -0.152. The van der Waals surface area contributed by atoms with Crippen molar-refractivity contribution in [3.8, 4) is 0 Å². The maximum absolute atomic E-state index is 12.0. The third-order valence-corrected chi connectivity index (χ3v) is 8.53. The van der Waals surface area contributed by atoms with Crippen LogP contribution in [-0.4, -0.2) is 58.8 Å². The second kappa shape index (κ2) is 37.0. The highest BCUT2D eigenvalue weighted by molar-refractivity contribution is 5.69.